The second-order valence-corrected chi connectivity index (χ2v) is 4.96. The fourth-order valence-corrected chi connectivity index (χ4v) is 2.71. The van der Waals surface area contributed by atoms with E-state index in [0.29, 0.717) is 6.04 Å². The van der Waals surface area contributed by atoms with Gasteiger partial charge in [0.1, 0.15) is 0 Å². The lowest BCUT2D eigenvalue weighted by Gasteiger charge is -2.19. The molecule has 1 aromatic heterocycles. The summed E-state index contributed by atoms with van der Waals surface area (Å²) >= 11 is 0. The van der Waals surface area contributed by atoms with Crippen LogP contribution in [-0.2, 0) is 6.42 Å². The van der Waals surface area contributed by atoms with Crippen molar-refractivity contribution in [2.24, 2.45) is 0 Å². The number of imidazole rings is 1. The fourth-order valence-electron chi connectivity index (χ4n) is 2.71. The molecule has 1 aromatic carbocycles. The third-order valence-electron chi connectivity index (χ3n) is 3.70. The zero-order valence-corrected chi connectivity index (χ0v) is 10.3. The minimum atomic E-state index is 0.482. The Hall–Kier alpha value is -1.57. The molecule has 0 amide bonds. The molecule has 1 aliphatic rings. The zero-order valence-electron chi connectivity index (χ0n) is 10.3. The summed E-state index contributed by atoms with van der Waals surface area (Å²) in [6.45, 7) is 2.14. The van der Waals surface area contributed by atoms with Gasteiger partial charge in [-0.3, -0.25) is 0 Å². The molecule has 0 bridgehead atoms. The molecule has 17 heavy (non-hydrogen) atoms. The molecule has 1 unspecified atom stereocenters. The van der Waals surface area contributed by atoms with Crippen LogP contribution in [0.1, 0.15) is 42.1 Å². The Morgan fingerprint density at radius 2 is 2.00 bits per heavy atom. The third-order valence-corrected chi connectivity index (χ3v) is 3.70. The van der Waals surface area contributed by atoms with Gasteiger partial charge in [-0.2, -0.15) is 0 Å². The Bertz CT molecular complexity index is 496. The number of hydrogen-bond donors (Lipinski definition) is 0. The predicted octanol–water partition coefficient (Wildman–Crippen LogP) is 3.51. The zero-order chi connectivity index (χ0) is 11.7. The molecule has 0 fully saturated rings. The number of fused-ring (bicyclic) bond motifs is 1. The summed E-state index contributed by atoms with van der Waals surface area (Å²) in [7, 11) is 0. The second-order valence-electron chi connectivity index (χ2n) is 4.96. The Kier molecular flexibility index (Phi) is 2.71. The van der Waals surface area contributed by atoms with Gasteiger partial charge in [-0.25, -0.2) is 4.98 Å². The van der Waals surface area contributed by atoms with Crippen LogP contribution >= 0.6 is 0 Å². The standard InChI is InChI=1S/C15H18N2/c1-12-6-8-13(9-7-12)15-5-3-2-4-14-10-16-11-17(14)15/h6-11,15H,2-5H2,1H3. The van der Waals surface area contributed by atoms with Crippen LogP contribution in [0.4, 0.5) is 0 Å². The van der Waals surface area contributed by atoms with Crippen LogP contribution in [0.2, 0.25) is 0 Å². The Morgan fingerprint density at radius 3 is 2.82 bits per heavy atom. The van der Waals surface area contributed by atoms with Crippen molar-refractivity contribution in [3.63, 3.8) is 0 Å². The van der Waals surface area contributed by atoms with E-state index in [9.17, 15) is 0 Å². The van der Waals surface area contributed by atoms with Crippen molar-refractivity contribution in [1.29, 1.82) is 0 Å². The predicted molar refractivity (Wildman–Crippen MR) is 69.1 cm³/mol. The second kappa shape index (κ2) is 4.36. The van der Waals surface area contributed by atoms with E-state index < -0.39 is 0 Å². The van der Waals surface area contributed by atoms with Crippen LogP contribution in [-0.4, -0.2) is 9.55 Å². The molecular weight excluding hydrogens is 208 g/mol. The first kappa shape index (κ1) is 10.6. The number of benzene rings is 1. The highest BCUT2D eigenvalue weighted by atomic mass is 15.1. The molecule has 2 nitrogen and oxygen atoms in total. The van der Waals surface area contributed by atoms with Crippen molar-refractivity contribution >= 4 is 0 Å². The van der Waals surface area contributed by atoms with Gasteiger partial charge in [0.05, 0.1) is 12.4 Å². The molecule has 0 saturated carbocycles. The van der Waals surface area contributed by atoms with Crippen molar-refractivity contribution in [1.82, 2.24) is 9.55 Å². The molecule has 0 spiro atoms. The highest BCUT2D eigenvalue weighted by molar-refractivity contribution is 5.26. The molecule has 3 rings (SSSR count). The lowest BCUT2D eigenvalue weighted by Crippen LogP contribution is -2.10. The molecule has 1 aliphatic heterocycles. The van der Waals surface area contributed by atoms with Crippen molar-refractivity contribution in [2.45, 2.75) is 38.6 Å². The lowest BCUT2D eigenvalue weighted by molar-refractivity contribution is 0.535. The van der Waals surface area contributed by atoms with Gasteiger partial charge in [-0.15, -0.1) is 0 Å². The summed E-state index contributed by atoms with van der Waals surface area (Å²) in [5, 5.41) is 0. The van der Waals surface area contributed by atoms with Crippen molar-refractivity contribution in [3.8, 4) is 0 Å². The van der Waals surface area contributed by atoms with Gasteiger partial charge in [0.25, 0.3) is 0 Å². The maximum atomic E-state index is 4.30. The molecule has 2 aromatic rings. The Morgan fingerprint density at radius 1 is 1.18 bits per heavy atom. The molecule has 2 heteroatoms. The molecular formula is C15H18N2. The Labute approximate surface area is 102 Å². The maximum absolute atomic E-state index is 4.30. The third kappa shape index (κ3) is 1.99. The molecule has 88 valence electrons. The average Bonchev–Trinajstić information content (AvgIpc) is 2.71. The normalized spacial score (nSPS) is 19.7. The molecule has 0 saturated heterocycles. The summed E-state index contributed by atoms with van der Waals surface area (Å²) in [5.41, 5.74) is 4.12. The SMILES string of the molecule is Cc1ccc(C2CCCCc3cncn32)cc1. The van der Waals surface area contributed by atoms with E-state index in [4.69, 9.17) is 0 Å². The van der Waals surface area contributed by atoms with Gasteiger partial charge in [0.2, 0.25) is 0 Å². The summed E-state index contributed by atoms with van der Waals surface area (Å²) < 4.78 is 2.36. The topological polar surface area (TPSA) is 17.8 Å². The van der Waals surface area contributed by atoms with E-state index in [1.165, 1.54) is 42.5 Å². The maximum Gasteiger partial charge on any atom is 0.0953 e. The monoisotopic (exact) mass is 226 g/mol. The van der Waals surface area contributed by atoms with E-state index in [1.807, 2.05) is 12.5 Å². The van der Waals surface area contributed by atoms with Crippen LogP contribution in [0, 0.1) is 6.92 Å². The molecule has 0 aliphatic carbocycles. The van der Waals surface area contributed by atoms with Gasteiger partial charge in [0, 0.05) is 11.9 Å². The smallest absolute Gasteiger partial charge is 0.0953 e. The van der Waals surface area contributed by atoms with Crippen LogP contribution in [0.25, 0.3) is 0 Å². The first-order chi connectivity index (χ1) is 8.34. The van der Waals surface area contributed by atoms with E-state index in [0.717, 1.165) is 0 Å². The minimum Gasteiger partial charge on any atom is -0.327 e. The van der Waals surface area contributed by atoms with Crippen molar-refractivity contribution in [3.05, 3.63) is 53.6 Å². The molecule has 0 radical (unpaired) electrons. The van der Waals surface area contributed by atoms with Crippen molar-refractivity contribution < 1.29 is 0 Å². The fraction of sp³-hybridized carbons (Fsp3) is 0.400. The van der Waals surface area contributed by atoms with E-state index in [1.54, 1.807) is 0 Å². The van der Waals surface area contributed by atoms with Gasteiger partial charge >= 0.3 is 0 Å². The highest BCUT2D eigenvalue weighted by Gasteiger charge is 2.18. The van der Waals surface area contributed by atoms with Crippen LogP contribution in [0.3, 0.4) is 0 Å². The largest absolute Gasteiger partial charge is 0.327 e. The Balaban J connectivity index is 2.00. The summed E-state index contributed by atoms with van der Waals surface area (Å²) in [5.74, 6) is 0. The average molecular weight is 226 g/mol. The minimum absolute atomic E-state index is 0.482. The van der Waals surface area contributed by atoms with Gasteiger partial charge < -0.3 is 4.57 Å². The van der Waals surface area contributed by atoms with Crippen molar-refractivity contribution in [2.75, 3.05) is 0 Å². The van der Waals surface area contributed by atoms with Gasteiger partial charge in [0.15, 0.2) is 0 Å². The number of aromatic nitrogens is 2. The number of aryl methyl sites for hydroxylation is 2. The van der Waals surface area contributed by atoms with Gasteiger partial charge in [-0.05, 0) is 31.7 Å². The quantitative estimate of drug-likeness (QED) is 0.727. The first-order valence-corrected chi connectivity index (χ1v) is 6.42. The van der Waals surface area contributed by atoms with E-state index >= 15 is 0 Å². The van der Waals surface area contributed by atoms with Crippen LogP contribution in [0.5, 0.6) is 0 Å². The van der Waals surface area contributed by atoms with Gasteiger partial charge in [-0.1, -0.05) is 36.2 Å². The summed E-state index contributed by atoms with van der Waals surface area (Å²) in [6.07, 6.45) is 9.00. The summed E-state index contributed by atoms with van der Waals surface area (Å²) in [6, 6.07) is 9.41. The highest BCUT2D eigenvalue weighted by Crippen LogP contribution is 2.29. The van der Waals surface area contributed by atoms with E-state index in [-0.39, 0.29) is 0 Å². The molecule has 2 heterocycles. The number of rotatable bonds is 1. The van der Waals surface area contributed by atoms with Crippen LogP contribution < -0.4 is 0 Å². The molecule has 0 N–H and O–H groups in total. The number of nitrogens with zero attached hydrogens (tertiary/aromatic N) is 2. The van der Waals surface area contributed by atoms with E-state index in [2.05, 4.69) is 40.7 Å². The van der Waals surface area contributed by atoms with Crippen LogP contribution in [0.15, 0.2) is 36.8 Å². The summed E-state index contributed by atoms with van der Waals surface area (Å²) in [4.78, 5) is 4.30. The molecule has 1 atom stereocenters. The lowest BCUT2D eigenvalue weighted by atomic mass is 10.0. The number of hydrogen-bond acceptors (Lipinski definition) is 1. The first-order valence-electron chi connectivity index (χ1n) is 6.42.